The zero-order chi connectivity index (χ0) is 14.6. The predicted octanol–water partition coefficient (Wildman–Crippen LogP) is 3.41. The maximum atomic E-state index is 12.1. The van der Waals surface area contributed by atoms with E-state index in [9.17, 15) is 8.42 Å². The number of nitrogens with one attached hydrogen (secondary N) is 1. The predicted molar refractivity (Wildman–Crippen MR) is 84.5 cm³/mol. The quantitative estimate of drug-likeness (QED) is 0.837. The average Bonchev–Trinajstić information content (AvgIpc) is 2.46. The Morgan fingerprint density at radius 3 is 2.25 bits per heavy atom. The Bertz CT molecular complexity index is 654. The molecule has 1 atom stereocenters. The van der Waals surface area contributed by atoms with Crippen molar-refractivity contribution in [1.29, 1.82) is 0 Å². The van der Waals surface area contributed by atoms with Crippen LogP contribution >= 0.6 is 15.9 Å². The molecule has 0 aliphatic rings. The van der Waals surface area contributed by atoms with Crippen LogP contribution in [0.4, 0.5) is 0 Å². The Balaban J connectivity index is 2.04. The average molecular weight is 354 g/mol. The van der Waals surface area contributed by atoms with Gasteiger partial charge in [0.25, 0.3) is 0 Å². The highest BCUT2D eigenvalue weighted by Crippen LogP contribution is 2.22. The summed E-state index contributed by atoms with van der Waals surface area (Å²) in [5.74, 6) is 0. The summed E-state index contributed by atoms with van der Waals surface area (Å²) in [4.78, 5) is 0.236. The fourth-order valence-corrected chi connectivity index (χ4v) is 3.49. The van der Waals surface area contributed by atoms with E-state index in [2.05, 4.69) is 20.7 Å². The number of hydrogen-bond donors (Lipinski definition) is 1. The first-order valence-electron chi connectivity index (χ1n) is 6.24. The maximum Gasteiger partial charge on any atom is 0.240 e. The van der Waals surface area contributed by atoms with Gasteiger partial charge in [-0.1, -0.05) is 64.0 Å². The molecular weight excluding hydrogens is 338 g/mol. The minimum absolute atomic E-state index is 0.0519. The molecule has 106 valence electrons. The van der Waals surface area contributed by atoms with Gasteiger partial charge in [-0.2, -0.15) is 0 Å². The van der Waals surface area contributed by atoms with Gasteiger partial charge in [0.1, 0.15) is 0 Å². The van der Waals surface area contributed by atoms with E-state index in [4.69, 9.17) is 0 Å². The molecule has 0 aliphatic heterocycles. The summed E-state index contributed by atoms with van der Waals surface area (Å²) in [5.41, 5.74) is 2.07. The number of aryl methyl sites for hydroxylation is 1. The van der Waals surface area contributed by atoms with Crippen LogP contribution in [-0.2, 0) is 10.0 Å². The Morgan fingerprint density at radius 1 is 1.05 bits per heavy atom. The van der Waals surface area contributed by atoms with Crippen LogP contribution in [0.1, 0.15) is 16.0 Å². The van der Waals surface area contributed by atoms with Crippen LogP contribution in [0.15, 0.2) is 59.5 Å². The fraction of sp³-hybridized carbons (Fsp3) is 0.200. The van der Waals surface area contributed by atoms with Crippen molar-refractivity contribution in [2.45, 2.75) is 16.6 Å². The number of rotatable bonds is 5. The van der Waals surface area contributed by atoms with Gasteiger partial charge in [0.05, 0.1) is 9.72 Å². The van der Waals surface area contributed by atoms with Gasteiger partial charge in [-0.3, -0.25) is 0 Å². The number of halogens is 1. The summed E-state index contributed by atoms with van der Waals surface area (Å²) in [6, 6.07) is 16.5. The van der Waals surface area contributed by atoms with Crippen LogP contribution in [-0.4, -0.2) is 15.0 Å². The molecule has 0 saturated carbocycles. The first kappa shape index (κ1) is 15.2. The second-order valence-corrected chi connectivity index (χ2v) is 7.42. The lowest BCUT2D eigenvalue weighted by molar-refractivity contribution is 0.581. The van der Waals surface area contributed by atoms with Crippen molar-refractivity contribution in [3.8, 4) is 0 Å². The molecule has 0 aromatic heterocycles. The molecule has 5 heteroatoms. The molecule has 0 radical (unpaired) electrons. The topological polar surface area (TPSA) is 46.2 Å². The molecule has 0 heterocycles. The molecule has 0 unspecified atom stereocenters. The Labute approximate surface area is 128 Å². The van der Waals surface area contributed by atoms with Crippen LogP contribution < -0.4 is 4.72 Å². The lowest BCUT2D eigenvalue weighted by Crippen LogP contribution is -2.26. The first-order chi connectivity index (χ1) is 9.49. The number of benzene rings is 2. The molecule has 0 bridgehead atoms. The van der Waals surface area contributed by atoms with Crippen molar-refractivity contribution in [2.75, 3.05) is 6.54 Å². The van der Waals surface area contributed by atoms with Crippen molar-refractivity contribution in [3.63, 3.8) is 0 Å². The molecule has 0 saturated heterocycles. The zero-order valence-corrected chi connectivity index (χ0v) is 13.5. The van der Waals surface area contributed by atoms with Crippen molar-refractivity contribution < 1.29 is 8.42 Å². The molecule has 0 aliphatic carbocycles. The van der Waals surface area contributed by atoms with Crippen LogP contribution in [0.5, 0.6) is 0 Å². The number of alkyl halides is 1. The molecule has 2 rings (SSSR count). The van der Waals surface area contributed by atoms with Gasteiger partial charge in [-0.15, -0.1) is 0 Å². The highest BCUT2D eigenvalue weighted by molar-refractivity contribution is 9.09. The monoisotopic (exact) mass is 353 g/mol. The SMILES string of the molecule is Cc1ccc(S(=O)(=O)NC[C@@H](Br)c2ccccc2)cc1. The Hall–Kier alpha value is -1.17. The summed E-state index contributed by atoms with van der Waals surface area (Å²) < 4.78 is 26.9. The second kappa shape index (κ2) is 6.52. The van der Waals surface area contributed by atoms with E-state index < -0.39 is 10.0 Å². The van der Waals surface area contributed by atoms with Gasteiger partial charge < -0.3 is 0 Å². The second-order valence-electron chi connectivity index (χ2n) is 4.54. The van der Waals surface area contributed by atoms with Crippen LogP contribution in [0.25, 0.3) is 0 Å². The molecular formula is C15H16BrNO2S. The molecule has 1 N–H and O–H groups in total. The molecule has 0 fully saturated rings. The molecule has 2 aromatic rings. The van der Waals surface area contributed by atoms with Gasteiger partial charge in [0.2, 0.25) is 10.0 Å². The summed E-state index contributed by atoms with van der Waals surface area (Å²) in [7, 11) is -3.46. The molecule has 0 spiro atoms. The van der Waals surface area contributed by atoms with Crippen LogP contribution in [0.2, 0.25) is 0 Å². The van der Waals surface area contributed by atoms with Crippen molar-refractivity contribution in [3.05, 3.63) is 65.7 Å². The third kappa shape index (κ3) is 3.91. The van der Waals surface area contributed by atoms with E-state index >= 15 is 0 Å². The Kier molecular flexibility index (Phi) is 4.96. The molecule has 20 heavy (non-hydrogen) atoms. The third-order valence-corrected chi connectivity index (χ3v) is 5.24. The van der Waals surface area contributed by atoms with Crippen molar-refractivity contribution >= 4 is 26.0 Å². The lowest BCUT2D eigenvalue weighted by atomic mass is 10.2. The fourth-order valence-electron chi connectivity index (χ4n) is 1.76. The molecule has 0 amide bonds. The smallest absolute Gasteiger partial charge is 0.210 e. The zero-order valence-electron chi connectivity index (χ0n) is 11.1. The van der Waals surface area contributed by atoms with Gasteiger partial charge in [0.15, 0.2) is 0 Å². The minimum atomic E-state index is -3.46. The van der Waals surface area contributed by atoms with Gasteiger partial charge in [0, 0.05) is 6.54 Å². The van der Waals surface area contributed by atoms with Gasteiger partial charge >= 0.3 is 0 Å². The van der Waals surface area contributed by atoms with E-state index in [0.717, 1.165) is 11.1 Å². The number of hydrogen-bond acceptors (Lipinski definition) is 2. The van der Waals surface area contributed by atoms with Crippen molar-refractivity contribution in [1.82, 2.24) is 4.72 Å². The van der Waals surface area contributed by atoms with E-state index in [1.165, 1.54) is 0 Å². The highest BCUT2D eigenvalue weighted by Gasteiger charge is 2.16. The lowest BCUT2D eigenvalue weighted by Gasteiger charge is -2.12. The number of sulfonamides is 1. The van der Waals surface area contributed by atoms with Crippen LogP contribution in [0.3, 0.4) is 0 Å². The molecule has 3 nitrogen and oxygen atoms in total. The van der Waals surface area contributed by atoms with Gasteiger partial charge in [-0.05, 0) is 24.6 Å². The van der Waals surface area contributed by atoms with E-state index in [0.29, 0.717) is 6.54 Å². The first-order valence-corrected chi connectivity index (χ1v) is 8.64. The maximum absolute atomic E-state index is 12.1. The summed E-state index contributed by atoms with van der Waals surface area (Å²) in [6.07, 6.45) is 0. The normalized spacial score (nSPS) is 13.1. The van der Waals surface area contributed by atoms with E-state index in [-0.39, 0.29) is 9.72 Å². The standard InChI is InChI=1S/C15H16BrNO2S/c1-12-7-9-14(10-8-12)20(18,19)17-11-15(16)13-5-3-2-4-6-13/h2-10,15,17H,11H2,1H3/t15-/m1/s1. The van der Waals surface area contributed by atoms with E-state index in [1.54, 1.807) is 24.3 Å². The summed E-state index contributed by atoms with van der Waals surface area (Å²) in [5, 5.41) is 0. The minimum Gasteiger partial charge on any atom is -0.210 e. The molecule has 2 aromatic carbocycles. The van der Waals surface area contributed by atoms with E-state index in [1.807, 2.05) is 37.3 Å². The Morgan fingerprint density at radius 2 is 1.65 bits per heavy atom. The van der Waals surface area contributed by atoms with Gasteiger partial charge in [-0.25, -0.2) is 13.1 Å². The van der Waals surface area contributed by atoms with Crippen LogP contribution in [0, 0.1) is 6.92 Å². The van der Waals surface area contributed by atoms with Crippen molar-refractivity contribution in [2.24, 2.45) is 0 Å². The third-order valence-electron chi connectivity index (χ3n) is 2.95. The highest BCUT2D eigenvalue weighted by atomic mass is 79.9. The summed E-state index contributed by atoms with van der Waals surface area (Å²) in [6.45, 7) is 2.23. The largest absolute Gasteiger partial charge is 0.240 e. The summed E-state index contributed by atoms with van der Waals surface area (Å²) >= 11 is 3.50.